The van der Waals surface area contributed by atoms with Crippen LogP contribution in [0.3, 0.4) is 0 Å². The van der Waals surface area contributed by atoms with Crippen molar-refractivity contribution >= 4 is 5.91 Å². The third-order valence-electron chi connectivity index (χ3n) is 4.14. The number of carbonyl (C=O) groups excluding carboxylic acids is 1. The predicted octanol–water partition coefficient (Wildman–Crippen LogP) is 1.60. The van der Waals surface area contributed by atoms with Crippen LogP contribution in [0, 0.1) is 0 Å². The number of phenols is 2. The molecule has 0 fully saturated rings. The smallest absolute Gasteiger partial charge is 0.237 e. The van der Waals surface area contributed by atoms with Gasteiger partial charge in [-0.1, -0.05) is 36.4 Å². The highest BCUT2D eigenvalue weighted by Gasteiger charge is 2.28. The van der Waals surface area contributed by atoms with Crippen LogP contribution >= 0.6 is 0 Å². The molecule has 134 valence electrons. The number of aliphatic hydroxyl groups excluding tert-OH is 1. The fourth-order valence-electron chi connectivity index (χ4n) is 2.66. The number of hydrogen-bond donors (Lipinski definition) is 5. The molecule has 0 saturated carbocycles. The Labute approximate surface area is 146 Å². The van der Waals surface area contributed by atoms with E-state index in [0.717, 1.165) is 12.8 Å². The Morgan fingerprint density at radius 3 is 2.40 bits per heavy atom. The topological polar surface area (TPSA) is 116 Å². The van der Waals surface area contributed by atoms with E-state index in [9.17, 15) is 20.1 Å². The second-order valence-electron chi connectivity index (χ2n) is 6.17. The average molecular weight is 344 g/mol. The lowest BCUT2D eigenvalue weighted by Gasteiger charge is -2.25. The van der Waals surface area contributed by atoms with Crippen LogP contribution in [-0.2, 0) is 11.2 Å². The zero-order valence-corrected chi connectivity index (χ0v) is 14.1. The maximum atomic E-state index is 11.8. The van der Waals surface area contributed by atoms with Gasteiger partial charge in [-0.3, -0.25) is 4.79 Å². The van der Waals surface area contributed by atoms with Crippen LogP contribution in [0.5, 0.6) is 11.5 Å². The Morgan fingerprint density at radius 1 is 1.12 bits per heavy atom. The largest absolute Gasteiger partial charge is 0.504 e. The minimum atomic E-state index is -1.23. The van der Waals surface area contributed by atoms with Crippen LogP contribution in [0.15, 0.2) is 48.5 Å². The van der Waals surface area contributed by atoms with E-state index in [-0.39, 0.29) is 17.5 Å². The van der Waals surface area contributed by atoms with Crippen LogP contribution < -0.4 is 11.1 Å². The first kappa shape index (κ1) is 18.8. The molecule has 0 aliphatic heterocycles. The van der Waals surface area contributed by atoms with Crippen molar-refractivity contribution < 1.29 is 20.1 Å². The highest BCUT2D eigenvalue weighted by Crippen LogP contribution is 2.29. The summed E-state index contributed by atoms with van der Waals surface area (Å²) in [5.41, 5.74) is 6.91. The van der Waals surface area contributed by atoms with Gasteiger partial charge in [0.25, 0.3) is 0 Å². The Balaban J connectivity index is 2.01. The molecule has 6 heteroatoms. The summed E-state index contributed by atoms with van der Waals surface area (Å²) in [5, 5.41) is 32.4. The predicted molar refractivity (Wildman–Crippen MR) is 95.1 cm³/mol. The molecule has 3 atom stereocenters. The number of aliphatic hydroxyl groups is 1. The molecular weight excluding hydrogens is 320 g/mol. The standard InChI is InChI=1S/C19H24N2O4/c1-12(7-8-13-5-3-2-4-6-13)21-17(19(20)25)18(24)14-9-10-15(22)16(23)11-14/h2-6,9-12,17-18,21-24H,7-8H2,1H3,(H2,20,25)/t12?,17-,18?/m0/s1. The number of amides is 1. The molecule has 0 aliphatic rings. The summed E-state index contributed by atoms with van der Waals surface area (Å²) in [7, 11) is 0. The van der Waals surface area contributed by atoms with Crippen molar-refractivity contribution in [1.29, 1.82) is 0 Å². The number of rotatable bonds is 8. The quantitative estimate of drug-likeness (QED) is 0.467. The van der Waals surface area contributed by atoms with E-state index in [1.165, 1.54) is 23.8 Å². The zero-order chi connectivity index (χ0) is 18.4. The average Bonchev–Trinajstić information content (AvgIpc) is 2.60. The zero-order valence-electron chi connectivity index (χ0n) is 14.1. The second-order valence-corrected chi connectivity index (χ2v) is 6.17. The first-order valence-electron chi connectivity index (χ1n) is 8.17. The summed E-state index contributed by atoms with van der Waals surface area (Å²) in [6.45, 7) is 1.92. The minimum Gasteiger partial charge on any atom is -0.504 e. The van der Waals surface area contributed by atoms with Gasteiger partial charge in [-0.2, -0.15) is 0 Å². The molecule has 0 bridgehead atoms. The number of nitrogens with one attached hydrogen (secondary N) is 1. The van der Waals surface area contributed by atoms with Gasteiger partial charge in [-0.15, -0.1) is 0 Å². The molecule has 0 aliphatic carbocycles. The molecule has 0 saturated heterocycles. The number of benzene rings is 2. The molecule has 0 heterocycles. The van der Waals surface area contributed by atoms with Crippen molar-refractivity contribution in [3.8, 4) is 11.5 Å². The molecule has 0 aromatic heterocycles. The number of hydrogen-bond acceptors (Lipinski definition) is 5. The molecule has 6 nitrogen and oxygen atoms in total. The number of aryl methyl sites for hydroxylation is 1. The molecule has 2 aromatic rings. The number of aromatic hydroxyl groups is 2. The maximum absolute atomic E-state index is 11.8. The van der Waals surface area contributed by atoms with Crippen molar-refractivity contribution in [2.24, 2.45) is 5.73 Å². The molecule has 2 unspecified atom stereocenters. The van der Waals surface area contributed by atoms with Crippen molar-refractivity contribution in [3.05, 3.63) is 59.7 Å². The molecule has 25 heavy (non-hydrogen) atoms. The summed E-state index contributed by atoms with van der Waals surface area (Å²) in [6, 6.07) is 12.8. The van der Waals surface area contributed by atoms with Crippen LogP contribution in [0.1, 0.15) is 30.6 Å². The monoisotopic (exact) mass is 344 g/mol. The van der Waals surface area contributed by atoms with Crippen molar-refractivity contribution in [2.45, 2.75) is 38.0 Å². The van der Waals surface area contributed by atoms with Gasteiger partial charge in [0, 0.05) is 6.04 Å². The highest BCUT2D eigenvalue weighted by molar-refractivity contribution is 5.81. The lowest BCUT2D eigenvalue weighted by Crippen LogP contribution is -2.49. The Morgan fingerprint density at radius 2 is 1.80 bits per heavy atom. The Hall–Kier alpha value is -2.57. The first-order chi connectivity index (χ1) is 11.9. The van der Waals surface area contributed by atoms with Gasteiger partial charge in [0.15, 0.2) is 11.5 Å². The van der Waals surface area contributed by atoms with Gasteiger partial charge in [-0.05, 0) is 43.0 Å². The summed E-state index contributed by atoms with van der Waals surface area (Å²) in [6.07, 6.45) is 0.362. The van der Waals surface area contributed by atoms with E-state index in [4.69, 9.17) is 5.73 Å². The molecule has 2 aromatic carbocycles. The van der Waals surface area contributed by atoms with Gasteiger partial charge in [0.05, 0.1) is 0 Å². The molecular formula is C19H24N2O4. The van der Waals surface area contributed by atoms with E-state index in [1.54, 1.807) is 0 Å². The molecule has 1 amide bonds. The van der Waals surface area contributed by atoms with Crippen molar-refractivity contribution in [2.75, 3.05) is 0 Å². The number of nitrogens with two attached hydrogens (primary N) is 1. The van der Waals surface area contributed by atoms with Crippen LogP contribution in [0.25, 0.3) is 0 Å². The first-order valence-corrected chi connectivity index (χ1v) is 8.17. The van der Waals surface area contributed by atoms with Gasteiger partial charge in [-0.25, -0.2) is 0 Å². The van der Waals surface area contributed by atoms with E-state index in [2.05, 4.69) is 5.32 Å². The molecule has 2 rings (SSSR count). The number of phenolic OH excluding ortho intramolecular Hbond substituents is 2. The Bertz CT molecular complexity index is 706. The summed E-state index contributed by atoms with van der Waals surface area (Å²) < 4.78 is 0. The van der Waals surface area contributed by atoms with Crippen LogP contribution in [0.2, 0.25) is 0 Å². The van der Waals surface area contributed by atoms with Gasteiger partial charge < -0.3 is 26.4 Å². The van der Waals surface area contributed by atoms with E-state index >= 15 is 0 Å². The van der Waals surface area contributed by atoms with E-state index in [0.29, 0.717) is 5.56 Å². The van der Waals surface area contributed by atoms with Crippen LogP contribution in [-0.4, -0.2) is 33.3 Å². The third-order valence-corrected chi connectivity index (χ3v) is 4.14. The number of carbonyl (C=O) groups is 1. The van der Waals surface area contributed by atoms with Crippen molar-refractivity contribution in [1.82, 2.24) is 5.32 Å². The molecule has 6 N–H and O–H groups in total. The summed E-state index contributed by atoms with van der Waals surface area (Å²) >= 11 is 0. The fourth-order valence-corrected chi connectivity index (χ4v) is 2.66. The fraction of sp³-hybridized carbons (Fsp3) is 0.316. The lowest BCUT2D eigenvalue weighted by molar-refractivity contribution is -0.123. The second kappa shape index (κ2) is 8.50. The highest BCUT2D eigenvalue weighted by atomic mass is 16.3. The van der Waals surface area contributed by atoms with Gasteiger partial charge in [0.2, 0.25) is 5.91 Å². The lowest BCUT2D eigenvalue weighted by atomic mass is 9.99. The van der Waals surface area contributed by atoms with Crippen LogP contribution in [0.4, 0.5) is 0 Å². The van der Waals surface area contributed by atoms with E-state index in [1.807, 2.05) is 37.3 Å². The van der Waals surface area contributed by atoms with Gasteiger partial charge in [0.1, 0.15) is 12.1 Å². The number of primary amides is 1. The van der Waals surface area contributed by atoms with Gasteiger partial charge >= 0.3 is 0 Å². The molecule has 0 spiro atoms. The normalized spacial score (nSPS) is 14.6. The minimum absolute atomic E-state index is 0.0573. The van der Waals surface area contributed by atoms with Crippen molar-refractivity contribution in [3.63, 3.8) is 0 Å². The maximum Gasteiger partial charge on any atom is 0.237 e. The molecule has 0 radical (unpaired) electrons. The Kier molecular flexibility index (Phi) is 6.38. The summed E-state index contributed by atoms with van der Waals surface area (Å²) in [4.78, 5) is 11.8. The van der Waals surface area contributed by atoms with E-state index < -0.39 is 18.1 Å². The summed E-state index contributed by atoms with van der Waals surface area (Å²) in [5.74, 6) is -1.35. The third kappa shape index (κ3) is 5.20. The SMILES string of the molecule is CC(CCc1ccccc1)N[C@H](C(N)=O)C(O)c1ccc(O)c(O)c1.